The zero-order valence-corrected chi connectivity index (χ0v) is 23.3. The molecule has 0 radical (unpaired) electrons. The van der Waals surface area contributed by atoms with E-state index < -0.39 is 0 Å². The summed E-state index contributed by atoms with van der Waals surface area (Å²) < 4.78 is 1.99. The van der Waals surface area contributed by atoms with E-state index in [0.29, 0.717) is 46.8 Å². The first-order valence-corrected chi connectivity index (χ1v) is 14.0. The maximum Gasteiger partial charge on any atom is 0.256 e. The minimum atomic E-state index is -0.249. The summed E-state index contributed by atoms with van der Waals surface area (Å²) in [6.07, 6.45) is 12.1. The lowest BCUT2D eigenvalue weighted by Gasteiger charge is -2.26. The van der Waals surface area contributed by atoms with Gasteiger partial charge in [0.25, 0.3) is 5.91 Å². The zero-order chi connectivity index (χ0) is 28.5. The van der Waals surface area contributed by atoms with Crippen LogP contribution in [-0.2, 0) is 4.79 Å². The third kappa shape index (κ3) is 5.18. The second-order valence-corrected chi connectivity index (χ2v) is 11.1. The number of amides is 2. The summed E-state index contributed by atoms with van der Waals surface area (Å²) in [6.45, 7) is 1.43. The first-order valence-electron chi connectivity index (χ1n) is 14.0. The highest BCUT2D eigenvalue weighted by Gasteiger charge is 2.48. The maximum absolute atomic E-state index is 13.5. The largest absolute Gasteiger partial charge is 0.382 e. The molecule has 1 aliphatic carbocycles. The van der Waals surface area contributed by atoms with Gasteiger partial charge in [0.05, 0.1) is 6.04 Å². The number of hydrogen-bond acceptors (Lipinski definition) is 7. The second-order valence-electron chi connectivity index (χ2n) is 11.1. The van der Waals surface area contributed by atoms with Crippen LogP contribution in [-0.4, -0.2) is 68.2 Å². The molecule has 10 heteroatoms. The van der Waals surface area contributed by atoms with Gasteiger partial charge in [0.2, 0.25) is 5.91 Å². The molecule has 4 heterocycles. The molecule has 10 nitrogen and oxygen atoms in total. The van der Waals surface area contributed by atoms with Crippen molar-refractivity contribution in [3.63, 3.8) is 0 Å². The van der Waals surface area contributed by atoms with Crippen LogP contribution in [0.3, 0.4) is 0 Å². The van der Waals surface area contributed by atoms with E-state index in [2.05, 4.69) is 15.3 Å². The van der Waals surface area contributed by atoms with Gasteiger partial charge in [-0.05, 0) is 63.0 Å². The van der Waals surface area contributed by atoms with Gasteiger partial charge in [0, 0.05) is 48.9 Å². The van der Waals surface area contributed by atoms with Gasteiger partial charge in [-0.2, -0.15) is 0 Å². The Hall–Kier alpha value is -4.57. The van der Waals surface area contributed by atoms with E-state index in [-0.39, 0.29) is 17.9 Å². The van der Waals surface area contributed by atoms with E-state index in [4.69, 9.17) is 10.7 Å². The van der Waals surface area contributed by atoms with Gasteiger partial charge < -0.3 is 20.9 Å². The standard InChI is InChI=1S/C31H34N8O2/c1-37(2)17-6-10-25(40)39-19-22-7-5-8-23(22)27(39)30-36-26(28-29(32)34-16-18-38(28)30)20-11-13-21(14-12-20)31(41)35-24-9-3-4-15-33-24/h3-4,6,9-16,18,22-23,27H,5,7-8,17,19H2,1-2H3,(H2,32,34)(H,33,35,41)/b10-6+/t22?,23?,27-/m0/s1. The topological polar surface area (TPSA) is 122 Å². The van der Waals surface area contributed by atoms with Crippen molar-refractivity contribution in [1.82, 2.24) is 29.2 Å². The fraction of sp³-hybridized carbons (Fsp3) is 0.323. The molecule has 3 N–H and O–H groups in total. The van der Waals surface area contributed by atoms with Gasteiger partial charge in [0.1, 0.15) is 28.7 Å². The van der Waals surface area contributed by atoms with Crippen LogP contribution in [0.25, 0.3) is 16.8 Å². The molecule has 2 fully saturated rings. The average Bonchev–Trinajstić information content (AvgIpc) is 3.67. The van der Waals surface area contributed by atoms with Crippen molar-refractivity contribution in [2.75, 3.05) is 38.2 Å². The summed E-state index contributed by atoms with van der Waals surface area (Å²) in [4.78, 5) is 43.9. The lowest BCUT2D eigenvalue weighted by atomic mass is 9.93. The Morgan fingerprint density at radius 1 is 1.10 bits per heavy atom. The SMILES string of the molecule is CN(C)C/C=C/C(=O)N1CC2CCCC2[C@H]1c1nc(-c2ccc(C(=O)Nc3ccccn3)cc2)c2c(N)nccn12. The van der Waals surface area contributed by atoms with Crippen LogP contribution < -0.4 is 11.1 Å². The highest BCUT2D eigenvalue weighted by atomic mass is 16.2. The van der Waals surface area contributed by atoms with Crippen LogP contribution >= 0.6 is 0 Å². The molecule has 1 saturated heterocycles. The number of nitrogen functional groups attached to an aromatic ring is 1. The number of likely N-dealkylation sites (N-methyl/N-ethyl adjacent to an activating group) is 1. The Balaban J connectivity index is 1.36. The Kier molecular flexibility index (Phi) is 7.23. The van der Waals surface area contributed by atoms with Crippen LogP contribution in [0, 0.1) is 11.8 Å². The van der Waals surface area contributed by atoms with Crippen molar-refractivity contribution >= 4 is 29.0 Å². The Morgan fingerprint density at radius 2 is 1.93 bits per heavy atom. The molecule has 1 aliphatic heterocycles. The number of nitrogens with zero attached hydrogens (tertiary/aromatic N) is 6. The number of carbonyl (C=O) groups is 2. The first-order chi connectivity index (χ1) is 19.9. The van der Waals surface area contributed by atoms with E-state index in [1.54, 1.807) is 42.7 Å². The molecule has 210 valence electrons. The van der Waals surface area contributed by atoms with Crippen LogP contribution in [0.4, 0.5) is 11.6 Å². The van der Waals surface area contributed by atoms with Crippen molar-refractivity contribution in [2.45, 2.75) is 25.3 Å². The number of likely N-dealkylation sites (tertiary alicyclic amines) is 1. The normalized spacial score (nSPS) is 20.3. The predicted octanol–water partition coefficient (Wildman–Crippen LogP) is 4.04. The van der Waals surface area contributed by atoms with Gasteiger partial charge >= 0.3 is 0 Å². The second kappa shape index (κ2) is 11.1. The zero-order valence-electron chi connectivity index (χ0n) is 23.3. The van der Waals surface area contributed by atoms with E-state index in [9.17, 15) is 9.59 Å². The number of fused-ring (bicyclic) bond motifs is 2. The molecule has 3 atom stereocenters. The Morgan fingerprint density at radius 3 is 2.68 bits per heavy atom. The lowest BCUT2D eigenvalue weighted by Crippen LogP contribution is -2.32. The summed E-state index contributed by atoms with van der Waals surface area (Å²) in [7, 11) is 3.96. The molecule has 2 amide bonds. The number of aromatic nitrogens is 4. The molecule has 0 spiro atoms. The van der Waals surface area contributed by atoms with Crippen LogP contribution in [0.2, 0.25) is 0 Å². The molecule has 6 rings (SSSR count). The first kappa shape index (κ1) is 26.6. The molecule has 41 heavy (non-hydrogen) atoms. The quantitative estimate of drug-likeness (QED) is 0.333. The lowest BCUT2D eigenvalue weighted by molar-refractivity contribution is -0.127. The molecular formula is C31H34N8O2. The number of pyridine rings is 1. The minimum absolute atomic E-state index is 0.00912. The molecular weight excluding hydrogens is 516 g/mol. The monoisotopic (exact) mass is 550 g/mol. The van der Waals surface area contributed by atoms with E-state index in [0.717, 1.165) is 37.2 Å². The molecule has 0 bridgehead atoms. The Bertz CT molecular complexity index is 1600. The molecule has 1 saturated carbocycles. The number of hydrogen-bond donors (Lipinski definition) is 2. The number of nitrogens with one attached hydrogen (secondary N) is 1. The fourth-order valence-corrected chi connectivity index (χ4v) is 6.22. The molecule has 4 aromatic rings. The summed E-state index contributed by atoms with van der Waals surface area (Å²) in [5.41, 5.74) is 9.12. The highest BCUT2D eigenvalue weighted by molar-refractivity contribution is 6.04. The van der Waals surface area contributed by atoms with Crippen molar-refractivity contribution in [3.8, 4) is 11.3 Å². The van der Waals surface area contributed by atoms with Gasteiger partial charge in [-0.25, -0.2) is 15.0 Å². The predicted molar refractivity (Wildman–Crippen MR) is 158 cm³/mol. The molecule has 3 aromatic heterocycles. The van der Waals surface area contributed by atoms with Gasteiger partial charge in [0.15, 0.2) is 0 Å². The number of rotatable bonds is 7. The number of carbonyl (C=O) groups excluding carboxylic acids is 2. The van der Waals surface area contributed by atoms with Gasteiger partial charge in [-0.15, -0.1) is 0 Å². The van der Waals surface area contributed by atoms with Gasteiger partial charge in [-0.3, -0.25) is 14.0 Å². The maximum atomic E-state index is 13.5. The van der Waals surface area contributed by atoms with Crippen molar-refractivity contribution in [1.29, 1.82) is 0 Å². The summed E-state index contributed by atoms with van der Waals surface area (Å²) >= 11 is 0. The number of anilines is 2. The summed E-state index contributed by atoms with van der Waals surface area (Å²) in [5, 5.41) is 2.81. The van der Waals surface area contributed by atoms with E-state index in [1.165, 1.54) is 0 Å². The van der Waals surface area contributed by atoms with E-state index >= 15 is 0 Å². The fourth-order valence-electron chi connectivity index (χ4n) is 6.22. The smallest absolute Gasteiger partial charge is 0.256 e. The number of benzene rings is 1. The van der Waals surface area contributed by atoms with Crippen molar-refractivity contribution < 1.29 is 9.59 Å². The van der Waals surface area contributed by atoms with Crippen LogP contribution in [0.15, 0.2) is 73.2 Å². The van der Waals surface area contributed by atoms with Gasteiger partial charge in [-0.1, -0.05) is 30.7 Å². The molecule has 2 unspecified atom stereocenters. The Labute approximate surface area is 238 Å². The third-order valence-electron chi connectivity index (χ3n) is 8.11. The minimum Gasteiger partial charge on any atom is -0.382 e. The summed E-state index contributed by atoms with van der Waals surface area (Å²) in [5.74, 6) is 2.21. The van der Waals surface area contributed by atoms with Crippen LogP contribution in [0.5, 0.6) is 0 Å². The third-order valence-corrected chi connectivity index (χ3v) is 8.11. The average molecular weight is 551 g/mol. The highest BCUT2D eigenvalue weighted by Crippen LogP contribution is 2.50. The van der Waals surface area contributed by atoms with Crippen molar-refractivity contribution in [2.24, 2.45) is 11.8 Å². The van der Waals surface area contributed by atoms with E-state index in [1.807, 2.05) is 58.8 Å². The molecule has 1 aromatic carbocycles. The molecule has 2 aliphatic rings. The van der Waals surface area contributed by atoms with Crippen LogP contribution in [0.1, 0.15) is 41.5 Å². The summed E-state index contributed by atoms with van der Waals surface area (Å²) in [6, 6.07) is 12.5. The number of nitrogens with two attached hydrogens (primary N) is 1. The van der Waals surface area contributed by atoms with Crippen molar-refractivity contribution in [3.05, 3.63) is 84.6 Å². The number of imidazole rings is 1.